The summed E-state index contributed by atoms with van der Waals surface area (Å²) in [6, 6.07) is 5.68. The Morgan fingerprint density at radius 2 is 1.85 bits per heavy atom. The predicted octanol–water partition coefficient (Wildman–Crippen LogP) is 1.69. The Bertz CT molecular complexity index is 489. The van der Waals surface area contributed by atoms with Gasteiger partial charge in [-0.3, -0.25) is 4.79 Å². The molecule has 0 saturated heterocycles. The molecular formula is C14H20BrN3O2. The first-order valence-electron chi connectivity index (χ1n) is 6.37. The van der Waals surface area contributed by atoms with Gasteiger partial charge in [-0.1, -0.05) is 22.0 Å². The van der Waals surface area contributed by atoms with Crippen LogP contribution in [0, 0.1) is 6.92 Å². The van der Waals surface area contributed by atoms with Gasteiger partial charge in [-0.15, -0.1) is 0 Å². The Morgan fingerprint density at radius 1 is 1.20 bits per heavy atom. The third kappa shape index (κ3) is 5.61. The van der Waals surface area contributed by atoms with Gasteiger partial charge in [-0.2, -0.15) is 0 Å². The lowest BCUT2D eigenvalue weighted by atomic mass is 10.1. The van der Waals surface area contributed by atoms with E-state index in [1.807, 2.05) is 25.1 Å². The lowest BCUT2D eigenvalue weighted by Gasteiger charge is -2.12. The first-order valence-corrected chi connectivity index (χ1v) is 7.16. The number of benzene rings is 1. The van der Waals surface area contributed by atoms with E-state index in [9.17, 15) is 9.59 Å². The van der Waals surface area contributed by atoms with E-state index in [2.05, 4.69) is 26.6 Å². The second-order valence-corrected chi connectivity index (χ2v) is 5.64. The van der Waals surface area contributed by atoms with Crippen molar-refractivity contribution in [2.45, 2.75) is 13.3 Å². The zero-order valence-electron chi connectivity index (χ0n) is 12.0. The normalized spacial score (nSPS) is 10.0. The summed E-state index contributed by atoms with van der Waals surface area (Å²) in [5, 5.41) is 5.47. The smallest absolute Gasteiger partial charge is 0.316 e. The molecule has 2 N–H and O–H groups in total. The van der Waals surface area contributed by atoms with E-state index in [1.54, 1.807) is 14.1 Å². The number of aryl methyl sites for hydroxylation is 1. The molecule has 0 bridgehead atoms. The van der Waals surface area contributed by atoms with Gasteiger partial charge < -0.3 is 15.5 Å². The van der Waals surface area contributed by atoms with Crippen LogP contribution in [0.3, 0.4) is 0 Å². The lowest BCUT2D eigenvalue weighted by molar-refractivity contribution is -0.120. The minimum atomic E-state index is -0.164. The maximum atomic E-state index is 11.8. The molecule has 1 aromatic carbocycles. The van der Waals surface area contributed by atoms with E-state index in [-0.39, 0.29) is 11.9 Å². The van der Waals surface area contributed by atoms with Gasteiger partial charge in [0, 0.05) is 31.7 Å². The highest BCUT2D eigenvalue weighted by molar-refractivity contribution is 9.10. The molecule has 0 saturated carbocycles. The molecule has 0 spiro atoms. The van der Waals surface area contributed by atoms with Gasteiger partial charge >= 0.3 is 6.03 Å². The van der Waals surface area contributed by atoms with Gasteiger partial charge in [0.25, 0.3) is 0 Å². The largest absolute Gasteiger partial charge is 0.354 e. The Labute approximate surface area is 127 Å². The quantitative estimate of drug-likeness (QED) is 0.800. The van der Waals surface area contributed by atoms with E-state index < -0.39 is 0 Å². The number of halogens is 1. The molecule has 0 radical (unpaired) electrons. The number of carbonyl (C=O) groups is 2. The molecule has 0 aliphatic heterocycles. The molecule has 0 heterocycles. The number of hydrogen-bond acceptors (Lipinski definition) is 2. The molecule has 3 amide bonds. The first-order chi connectivity index (χ1) is 9.40. The van der Waals surface area contributed by atoms with Crippen molar-refractivity contribution >= 4 is 27.9 Å². The number of hydrogen-bond donors (Lipinski definition) is 2. The van der Waals surface area contributed by atoms with Gasteiger partial charge in [0.2, 0.25) is 5.91 Å². The molecule has 5 nitrogen and oxygen atoms in total. The molecule has 0 atom stereocenters. The molecule has 1 aromatic rings. The summed E-state index contributed by atoms with van der Waals surface area (Å²) in [6.07, 6.45) is 0.348. The lowest BCUT2D eigenvalue weighted by Crippen LogP contribution is -2.39. The molecule has 6 heteroatoms. The average Bonchev–Trinajstić information content (AvgIpc) is 2.37. The van der Waals surface area contributed by atoms with Crippen LogP contribution in [0.5, 0.6) is 0 Å². The molecule has 0 aromatic heterocycles. The Hall–Kier alpha value is -1.56. The number of nitrogens with zero attached hydrogens (tertiary/aromatic N) is 1. The average molecular weight is 342 g/mol. The molecule has 0 unspecified atom stereocenters. The summed E-state index contributed by atoms with van der Waals surface area (Å²) in [4.78, 5) is 24.5. The maximum absolute atomic E-state index is 11.8. The third-order valence-corrected chi connectivity index (χ3v) is 3.28. The summed E-state index contributed by atoms with van der Waals surface area (Å²) in [5.74, 6) is -0.0467. The molecule has 110 valence electrons. The van der Waals surface area contributed by atoms with Crippen molar-refractivity contribution in [1.82, 2.24) is 15.5 Å². The van der Waals surface area contributed by atoms with Crippen molar-refractivity contribution in [3.05, 3.63) is 33.8 Å². The summed E-state index contributed by atoms with van der Waals surface area (Å²) < 4.78 is 1.01. The van der Waals surface area contributed by atoms with Gasteiger partial charge in [0.05, 0.1) is 6.42 Å². The fraction of sp³-hybridized carbons (Fsp3) is 0.429. The summed E-state index contributed by atoms with van der Waals surface area (Å²) in [7, 11) is 3.34. The van der Waals surface area contributed by atoms with Crippen LogP contribution in [0.1, 0.15) is 11.1 Å². The van der Waals surface area contributed by atoms with Crippen molar-refractivity contribution < 1.29 is 9.59 Å². The summed E-state index contributed by atoms with van der Waals surface area (Å²) >= 11 is 3.39. The molecule has 20 heavy (non-hydrogen) atoms. The van der Waals surface area contributed by atoms with Crippen molar-refractivity contribution in [3.63, 3.8) is 0 Å². The zero-order chi connectivity index (χ0) is 15.1. The van der Waals surface area contributed by atoms with E-state index in [0.29, 0.717) is 19.5 Å². The first kappa shape index (κ1) is 16.5. The van der Waals surface area contributed by atoms with Crippen LogP contribution < -0.4 is 10.6 Å². The monoisotopic (exact) mass is 341 g/mol. The Kier molecular flexibility index (Phi) is 6.51. The third-order valence-electron chi connectivity index (χ3n) is 2.79. The minimum Gasteiger partial charge on any atom is -0.354 e. The number of amides is 3. The molecule has 0 fully saturated rings. The van der Waals surface area contributed by atoms with E-state index in [0.717, 1.165) is 15.6 Å². The highest BCUT2D eigenvalue weighted by atomic mass is 79.9. The van der Waals surface area contributed by atoms with Crippen LogP contribution >= 0.6 is 15.9 Å². The predicted molar refractivity (Wildman–Crippen MR) is 82.7 cm³/mol. The van der Waals surface area contributed by atoms with Crippen molar-refractivity contribution in [2.75, 3.05) is 27.2 Å². The van der Waals surface area contributed by atoms with E-state index in [4.69, 9.17) is 0 Å². The van der Waals surface area contributed by atoms with Crippen LogP contribution in [0.4, 0.5) is 4.79 Å². The van der Waals surface area contributed by atoms with Crippen molar-refractivity contribution in [1.29, 1.82) is 0 Å². The topological polar surface area (TPSA) is 61.4 Å². The standard InChI is InChI=1S/C14H20BrN3O2/c1-10-8-12(15)5-4-11(10)9-13(19)16-6-7-17-14(20)18(2)3/h4-5,8H,6-7,9H2,1-3H3,(H,16,19)(H,17,20). The SMILES string of the molecule is Cc1cc(Br)ccc1CC(=O)NCCNC(=O)N(C)C. The van der Waals surface area contributed by atoms with Crippen LogP contribution in [-0.2, 0) is 11.2 Å². The van der Waals surface area contributed by atoms with E-state index >= 15 is 0 Å². The van der Waals surface area contributed by atoms with Gasteiger partial charge in [0.15, 0.2) is 0 Å². The molecular weight excluding hydrogens is 322 g/mol. The second-order valence-electron chi connectivity index (χ2n) is 4.72. The number of carbonyl (C=O) groups excluding carboxylic acids is 2. The zero-order valence-corrected chi connectivity index (χ0v) is 13.6. The minimum absolute atomic E-state index is 0.0467. The fourth-order valence-electron chi connectivity index (χ4n) is 1.62. The molecule has 0 aliphatic carbocycles. The maximum Gasteiger partial charge on any atom is 0.316 e. The summed E-state index contributed by atoms with van der Waals surface area (Å²) in [5.41, 5.74) is 2.08. The number of nitrogens with one attached hydrogen (secondary N) is 2. The van der Waals surface area contributed by atoms with E-state index in [1.165, 1.54) is 4.90 Å². The number of urea groups is 1. The van der Waals surface area contributed by atoms with Crippen LogP contribution in [0.2, 0.25) is 0 Å². The highest BCUT2D eigenvalue weighted by Crippen LogP contribution is 2.16. The van der Waals surface area contributed by atoms with Crippen LogP contribution in [0.25, 0.3) is 0 Å². The van der Waals surface area contributed by atoms with Gasteiger partial charge in [0.1, 0.15) is 0 Å². The Morgan fingerprint density at radius 3 is 2.45 bits per heavy atom. The fourth-order valence-corrected chi connectivity index (χ4v) is 2.10. The highest BCUT2D eigenvalue weighted by Gasteiger charge is 2.06. The second kappa shape index (κ2) is 7.89. The van der Waals surface area contributed by atoms with Crippen LogP contribution in [-0.4, -0.2) is 44.0 Å². The van der Waals surface area contributed by atoms with Crippen molar-refractivity contribution in [2.24, 2.45) is 0 Å². The molecule has 0 aliphatic rings. The Balaban J connectivity index is 2.32. The van der Waals surface area contributed by atoms with Crippen LogP contribution in [0.15, 0.2) is 22.7 Å². The van der Waals surface area contributed by atoms with Gasteiger partial charge in [-0.25, -0.2) is 4.79 Å². The van der Waals surface area contributed by atoms with Gasteiger partial charge in [-0.05, 0) is 30.2 Å². The molecule has 1 rings (SSSR count). The number of rotatable bonds is 5. The summed E-state index contributed by atoms with van der Waals surface area (Å²) in [6.45, 7) is 2.82. The van der Waals surface area contributed by atoms with Crippen molar-refractivity contribution in [3.8, 4) is 0 Å².